The van der Waals surface area contributed by atoms with Crippen LogP contribution in [0.1, 0.15) is 16.7 Å². The Morgan fingerprint density at radius 2 is 1.93 bits per heavy atom. The molecule has 0 unspecified atom stereocenters. The molecule has 0 spiro atoms. The van der Waals surface area contributed by atoms with Crippen LogP contribution < -0.4 is 5.32 Å². The van der Waals surface area contributed by atoms with E-state index in [0.29, 0.717) is 0 Å². The zero-order valence-electron chi connectivity index (χ0n) is 10.3. The average Bonchev–Trinajstić information content (AvgIpc) is 2.18. The van der Waals surface area contributed by atoms with Gasteiger partial charge in [0.25, 0.3) is 0 Å². The first-order valence-corrected chi connectivity index (χ1v) is 5.52. The van der Waals surface area contributed by atoms with Crippen molar-refractivity contribution in [3.63, 3.8) is 0 Å². The molecule has 0 heterocycles. The van der Waals surface area contributed by atoms with Gasteiger partial charge in [0, 0.05) is 19.6 Å². The molecule has 0 saturated heterocycles. The molecule has 0 atom stereocenters. The first-order valence-electron chi connectivity index (χ1n) is 5.52. The Kier molecular flexibility index (Phi) is 4.79. The molecule has 1 aromatic rings. The summed E-state index contributed by atoms with van der Waals surface area (Å²) >= 11 is 0. The van der Waals surface area contributed by atoms with Gasteiger partial charge in [-0.1, -0.05) is 18.2 Å². The molecule has 0 amide bonds. The second-order valence-electron chi connectivity index (χ2n) is 4.34. The molecule has 0 bridgehead atoms. The van der Waals surface area contributed by atoms with Gasteiger partial charge >= 0.3 is 0 Å². The minimum Gasteiger partial charge on any atom is -0.311 e. The van der Waals surface area contributed by atoms with Gasteiger partial charge in [0.15, 0.2) is 0 Å². The predicted molar refractivity (Wildman–Crippen MR) is 66.2 cm³/mol. The molecule has 0 aliphatic heterocycles. The fraction of sp³-hybridized carbons (Fsp3) is 0.538. The number of likely N-dealkylation sites (N-methyl/N-ethyl adjacent to an activating group) is 1. The van der Waals surface area contributed by atoms with E-state index in [1.807, 2.05) is 0 Å². The van der Waals surface area contributed by atoms with Crippen molar-refractivity contribution in [1.82, 2.24) is 10.2 Å². The smallest absolute Gasteiger partial charge is 0.0208 e. The molecule has 0 aromatic heterocycles. The molecule has 84 valence electrons. The summed E-state index contributed by atoms with van der Waals surface area (Å²) in [5, 5.41) is 3.46. The van der Waals surface area contributed by atoms with Crippen LogP contribution in [0.15, 0.2) is 18.2 Å². The van der Waals surface area contributed by atoms with Crippen LogP contribution in [0.5, 0.6) is 0 Å². The molecule has 15 heavy (non-hydrogen) atoms. The van der Waals surface area contributed by atoms with Gasteiger partial charge in [-0.3, -0.25) is 0 Å². The summed E-state index contributed by atoms with van der Waals surface area (Å²) < 4.78 is 0. The van der Waals surface area contributed by atoms with Crippen LogP contribution in [0.2, 0.25) is 0 Å². The molecule has 2 nitrogen and oxygen atoms in total. The Morgan fingerprint density at radius 3 is 2.60 bits per heavy atom. The first-order chi connectivity index (χ1) is 7.11. The molecule has 0 aliphatic rings. The minimum atomic E-state index is 0.974. The third-order valence-corrected chi connectivity index (χ3v) is 2.77. The van der Waals surface area contributed by atoms with Gasteiger partial charge in [-0.05, 0) is 44.6 Å². The third-order valence-electron chi connectivity index (χ3n) is 2.77. The van der Waals surface area contributed by atoms with Crippen molar-refractivity contribution in [3.8, 4) is 0 Å². The molecular formula is C13H22N2. The van der Waals surface area contributed by atoms with E-state index < -0.39 is 0 Å². The lowest BCUT2D eigenvalue weighted by Crippen LogP contribution is -2.26. The number of nitrogens with one attached hydrogen (secondary N) is 1. The fourth-order valence-electron chi connectivity index (χ4n) is 1.53. The van der Waals surface area contributed by atoms with E-state index in [1.165, 1.54) is 16.7 Å². The lowest BCUT2D eigenvalue weighted by Gasteiger charge is -2.12. The van der Waals surface area contributed by atoms with Gasteiger partial charge in [-0.2, -0.15) is 0 Å². The normalized spacial score (nSPS) is 11.0. The second-order valence-corrected chi connectivity index (χ2v) is 4.34. The summed E-state index contributed by atoms with van der Waals surface area (Å²) in [7, 11) is 4.19. The van der Waals surface area contributed by atoms with Crippen LogP contribution in [0.25, 0.3) is 0 Å². The number of rotatable bonds is 5. The topological polar surface area (TPSA) is 15.3 Å². The molecule has 0 aliphatic carbocycles. The highest BCUT2D eigenvalue weighted by molar-refractivity contribution is 5.32. The zero-order valence-corrected chi connectivity index (χ0v) is 10.3. The maximum absolute atomic E-state index is 3.46. The largest absolute Gasteiger partial charge is 0.311 e. The Hall–Kier alpha value is -0.860. The van der Waals surface area contributed by atoms with Gasteiger partial charge in [0.1, 0.15) is 0 Å². The number of nitrogens with zero attached hydrogens (tertiary/aromatic N) is 1. The van der Waals surface area contributed by atoms with Crippen LogP contribution in [-0.4, -0.2) is 32.1 Å². The van der Waals surface area contributed by atoms with E-state index >= 15 is 0 Å². The molecule has 0 fully saturated rings. The Labute approximate surface area is 93.3 Å². The number of aryl methyl sites for hydroxylation is 1. The average molecular weight is 206 g/mol. The predicted octanol–water partition coefficient (Wildman–Crippen LogP) is 1.95. The van der Waals surface area contributed by atoms with Crippen LogP contribution >= 0.6 is 0 Å². The monoisotopic (exact) mass is 206 g/mol. The van der Waals surface area contributed by atoms with Crippen LogP contribution in [0.3, 0.4) is 0 Å². The quantitative estimate of drug-likeness (QED) is 0.741. The van der Waals surface area contributed by atoms with E-state index in [4.69, 9.17) is 0 Å². The van der Waals surface area contributed by atoms with E-state index in [1.54, 1.807) is 0 Å². The van der Waals surface area contributed by atoms with Crippen LogP contribution in [0, 0.1) is 13.8 Å². The van der Waals surface area contributed by atoms with Crippen molar-refractivity contribution >= 4 is 0 Å². The van der Waals surface area contributed by atoms with Gasteiger partial charge < -0.3 is 10.2 Å². The summed E-state index contributed by atoms with van der Waals surface area (Å²) in [6.07, 6.45) is 0. The Balaban J connectivity index is 2.41. The van der Waals surface area contributed by atoms with Crippen molar-refractivity contribution in [2.24, 2.45) is 0 Å². The highest BCUT2D eigenvalue weighted by Gasteiger charge is 1.99. The van der Waals surface area contributed by atoms with Crippen LogP contribution in [-0.2, 0) is 6.54 Å². The summed E-state index contributed by atoms with van der Waals surface area (Å²) in [6, 6.07) is 6.49. The van der Waals surface area contributed by atoms with E-state index in [-0.39, 0.29) is 0 Å². The maximum Gasteiger partial charge on any atom is 0.0208 e. The van der Waals surface area contributed by atoms with Gasteiger partial charge in [-0.25, -0.2) is 0 Å². The van der Waals surface area contributed by atoms with Gasteiger partial charge in [-0.15, -0.1) is 0 Å². The molecule has 1 aromatic carbocycles. The minimum absolute atomic E-state index is 0.974. The van der Waals surface area contributed by atoms with Crippen molar-refractivity contribution < 1.29 is 0 Å². The highest BCUT2D eigenvalue weighted by atomic mass is 15.1. The van der Waals surface area contributed by atoms with E-state index in [2.05, 4.69) is 56.4 Å². The SMILES string of the molecule is Cc1cccc(CNCCN(C)C)c1C. The molecule has 0 radical (unpaired) electrons. The standard InChI is InChI=1S/C13H22N2/c1-11-6-5-7-13(12(11)2)10-14-8-9-15(3)4/h5-7,14H,8-10H2,1-4H3. The second kappa shape index (κ2) is 5.89. The van der Waals surface area contributed by atoms with Gasteiger partial charge in [0.05, 0.1) is 0 Å². The number of benzene rings is 1. The molecular weight excluding hydrogens is 184 g/mol. The van der Waals surface area contributed by atoms with Crippen LogP contribution in [0.4, 0.5) is 0 Å². The molecule has 0 saturated carbocycles. The number of hydrogen-bond acceptors (Lipinski definition) is 2. The summed E-state index contributed by atoms with van der Waals surface area (Å²) in [5.74, 6) is 0. The fourth-order valence-corrected chi connectivity index (χ4v) is 1.53. The Morgan fingerprint density at radius 1 is 1.20 bits per heavy atom. The van der Waals surface area contributed by atoms with E-state index in [0.717, 1.165) is 19.6 Å². The summed E-state index contributed by atoms with van der Waals surface area (Å²) in [5.41, 5.74) is 4.20. The zero-order chi connectivity index (χ0) is 11.3. The lowest BCUT2D eigenvalue weighted by molar-refractivity contribution is 0.400. The van der Waals surface area contributed by atoms with Crippen molar-refractivity contribution in [2.75, 3.05) is 27.2 Å². The molecule has 2 heteroatoms. The highest BCUT2D eigenvalue weighted by Crippen LogP contribution is 2.11. The Bertz CT molecular complexity index is 305. The van der Waals surface area contributed by atoms with Crippen molar-refractivity contribution in [3.05, 3.63) is 34.9 Å². The van der Waals surface area contributed by atoms with Gasteiger partial charge in [0.2, 0.25) is 0 Å². The number of hydrogen-bond donors (Lipinski definition) is 1. The van der Waals surface area contributed by atoms with E-state index in [9.17, 15) is 0 Å². The molecule has 1 rings (SSSR count). The maximum atomic E-state index is 3.46. The summed E-state index contributed by atoms with van der Waals surface area (Å²) in [6.45, 7) is 7.46. The lowest BCUT2D eigenvalue weighted by atomic mass is 10.0. The van der Waals surface area contributed by atoms with Crippen molar-refractivity contribution in [2.45, 2.75) is 20.4 Å². The summed E-state index contributed by atoms with van der Waals surface area (Å²) in [4.78, 5) is 2.19. The van der Waals surface area contributed by atoms with Crippen molar-refractivity contribution in [1.29, 1.82) is 0 Å². The first kappa shape index (κ1) is 12.2. The molecule has 1 N–H and O–H groups in total. The third kappa shape index (κ3) is 4.02.